The van der Waals surface area contributed by atoms with Crippen molar-refractivity contribution in [1.82, 2.24) is 19.7 Å². The van der Waals surface area contributed by atoms with Gasteiger partial charge < -0.3 is 18.6 Å². The number of hydrogen-bond acceptors (Lipinski definition) is 5. The summed E-state index contributed by atoms with van der Waals surface area (Å²) in [5.41, 5.74) is 1.64. The van der Waals surface area contributed by atoms with E-state index in [1.807, 2.05) is 43.0 Å². The maximum absolute atomic E-state index is 13.2. The monoisotopic (exact) mass is 354 g/mol. The molecule has 4 rings (SSSR count). The maximum Gasteiger partial charge on any atom is 0.290 e. The van der Waals surface area contributed by atoms with E-state index in [-0.39, 0.29) is 11.9 Å². The second-order valence-electron chi connectivity index (χ2n) is 6.72. The Balaban J connectivity index is 1.63. The number of amides is 1. The first kappa shape index (κ1) is 16.8. The van der Waals surface area contributed by atoms with E-state index < -0.39 is 0 Å². The topological polar surface area (TPSA) is 73.4 Å². The smallest absolute Gasteiger partial charge is 0.290 e. The molecule has 1 amide bonds. The van der Waals surface area contributed by atoms with Crippen LogP contribution in [0.2, 0.25) is 0 Å². The van der Waals surface area contributed by atoms with Crippen molar-refractivity contribution in [1.29, 1.82) is 0 Å². The highest BCUT2D eigenvalue weighted by Gasteiger charge is 2.30. The van der Waals surface area contributed by atoms with Crippen LogP contribution in [0.3, 0.4) is 0 Å². The lowest BCUT2D eigenvalue weighted by molar-refractivity contribution is 0.0663. The number of nitrogens with zero attached hydrogens (tertiary/aromatic N) is 4. The summed E-state index contributed by atoms with van der Waals surface area (Å²) in [5.74, 6) is 2.04. The zero-order valence-electron chi connectivity index (χ0n) is 15.2. The van der Waals surface area contributed by atoms with Gasteiger partial charge in [-0.1, -0.05) is 18.2 Å². The summed E-state index contributed by atoms with van der Waals surface area (Å²) in [6.45, 7) is 5.62. The average Bonchev–Trinajstić information content (AvgIpc) is 3.11. The predicted octanol–water partition coefficient (Wildman–Crippen LogP) is 2.57. The molecule has 1 aliphatic heterocycles. The second kappa shape index (κ2) is 6.57. The van der Waals surface area contributed by atoms with E-state index in [1.165, 1.54) is 0 Å². The van der Waals surface area contributed by atoms with Crippen LogP contribution in [0.25, 0.3) is 11.0 Å². The molecular formula is C19H22N4O3. The molecule has 0 saturated carbocycles. The number of benzene rings is 1. The molecule has 0 bridgehead atoms. The Hall–Kier alpha value is -2.67. The molecule has 0 radical (unpaired) electrons. The van der Waals surface area contributed by atoms with Crippen molar-refractivity contribution in [2.45, 2.75) is 39.5 Å². The zero-order valence-corrected chi connectivity index (χ0v) is 15.2. The van der Waals surface area contributed by atoms with Crippen LogP contribution in [0.1, 0.15) is 34.7 Å². The van der Waals surface area contributed by atoms with E-state index in [9.17, 15) is 4.79 Å². The number of para-hydroxylation sites is 1. The molecule has 1 atom stereocenters. The minimum atomic E-state index is -0.0711. The van der Waals surface area contributed by atoms with E-state index in [0.29, 0.717) is 31.9 Å². The molecule has 0 spiro atoms. The van der Waals surface area contributed by atoms with Crippen molar-refractivity contribution in [3.8, 4) is 0 Å². The van der Waals surface area contributed by atoms with Crippen LogP contribution in [0.5, 0.6) is 0 Å². The van der Waals surface area contributed by atoms with Crippen molar-refractivity contribution in [2.75, 3.05) is 13.7 Å². The fraction of sp³-hybridized carbons (Fsp3) is 0.421. The number of ether oxygens (including phenoxy) is 1. The van der Waals surface area contributed by atoms with Gasteiger partial charge in [-0.05, 0) is 19.9 Å². The van der Waals surface area contributed by atoms with Crippen LogP contribution in [-0.4, -0.2) is 45.3 Å². The van der Waals surface area contributed by atoms with E-state index >= 15 is 0 Å². The molecule has 3 aromatic rings. The van der Waals surface area contributed by atoms with Crippen molar-refractivity contribution in [2.24, 2.45) is 0 Å². The van der Waals surface area contributed by atoms with Crippen LogP contribution in [0.15, 0.2) is 28.7 Å². The summed E-state index contributed by atoms with van der Waals surface area (Å²) >= 11 is 0. The number of carbonyl (C=O) groups excluding carboxylic acids is 1. The Morgan fingerprint density at radius 2 is 2.12 bits per heavy atom. The first-order valence-corrected chi connectivity index (χ1v) is 8.79. The summed E-state index contributed by atoms with van der Waals surface area (Å²) in [4.78, 5) is 15.1. The van der Waals surface area contributed by atoms with Gasteiger partial charge in [0, 0.05) is 43.6 Å². The molecule has 7 heteroatoms. The minimum Gasteiger partial charge on any atom is -0.451 e. The highest BCUT2D eigenvalue weighted by Crippen LogP contribution is 2.27. The fourth-order valence-electron chi connectivity index (χ4n) is 3.63. The first-order valence-electron chi connectivity index (χ1n) is 8.79. The van der Waals surface area contributed by atoms with Crippen molar-refractivity contribution in [3.63, 3.8) is 0 Å². The molecule has 3 heterocycles. The third-order valence-electron chi connectivity index (χ3n) is 5.05. The zero-order chi connectivity index (χ0) is 18.3. The molecule has 1 aliphatic rings. The molecule has 136 valence electrons. The summed E-state index contributed by atoms with van der Waals surface area (Å²) in [7, 11) is 1.64. The number of rotatable bonds is 3. The molecule has 0 N–H and O–H groups in total. The Labute approximate surface area is 151 Å². The lowest BCUT2D eigenvalue weighted by atomic mass is 10.1. The van der Waals surface area contributed by atoms with Gasteiger partial charge in [0.25, 0.3) is 5.91 Å². The van der Waals surface area contributed by atoms with Gasteiger partial charge in [-0.3, -0.25) is 4.79 Å². The Morgan fingerprint density at radius 1 is 1.31 bits per heavy atom. The average molecular weight is 354 g/mol. The molecule has 0 fully saturated rings. The van der Waals surface area contributed by atoms with E-state index in [1.54, 1.807) is 7.11 Å². The number of furan rings is 1. The standard InChI is InChI=1S/C19H22N4O3/c1-12-10-16-20-21-17(11-25-3)23(16)9-8-22(12)19(24)18-13(2)14-6-4-5-7-15(14)26-18/h4-7,12H,8-11H2,1-3H3/t12-/m0/s1. The van der Waals surface area contributed by atoms with Crippen LogP contribution in [0, 0.1) is 6.92 Å². The second-order valence-corrected chi connectivity index (χ2v) is 6.72. The van der Waals surface area contributed by atoms with E-state index in [0.717, 1.165) is 28.2 Å². The van der Waals surface area contributed by atoms with Crippen LogP contribution in [0.4, 0.5) is 0 Å². The number of aryl methyl sites for hydroxylation is 1. The number of methoxy groups -OCH3 is 1. The largest absolute Gasteiger partial charge is 0.451 e. The van der Waals surface area contributed by atoms with Crippen molar-refractivity contribution < 1.29 is 13.9 Å². The van der Waals surface area contributed by atoms with Gasteiger partial charge in [-0.15, -0.1) is 10.2 Å². The van der Waals surface area contributed by atoms with Gasteiger partial charge in [0.05, 0.1) is 0 Å². The third kappa shape index (κ3) is 2.68. The molecule has 7 nitrogen and oxygen atoms in total. The fourth-order valence-corrected chi connectivity index (χ4v) is 3.63. The van der Waals surface area contributed by atoms with Gasteiger partial charge in [0.1, 0.15) is 18.0 Å². The van der Waals surface area contributed by atoms with Gasteiger partial charge in [-0.2, -0.15) is 0 Å². The Kier molecular flexibility index (Phi) is 4.24. The summed E-state index contributed by atoms with van der Waals surface area (Å²) in [6, 6.07) is 7.75. The minimum absolute atomic E-state index is 0.0101. The molecule has 0 aliphatic carbocycles. The Morgan fingerprint density at radius 3 is 2.88 bits per heavy atom. The summed E-state index contributed by atoms with van der Waals surface area (Å²) in [5, 5.41) is 9.46. The van der Waals surface area contributed by atoms with Crippen LogP contribution in [-0.2, 0) is 24.3 Å². The number of aromatic nitrogens is 3. The predicted molar refractivity (Wildman–Crippen MR) is 95.9 cm³/mol. The summed E-state index contributed by atoms with van der Waals surface area (Å²) in [6.07, 6.45) is 0.654. The summed E-state index contributed by atoms with van der Waals surface area (Å²) < 4.78 is 13.1. The quantitative estimate of drug-likeness (QED) is 0.723. The van der Waals surface area contributed by atoms with Gasteiger partial charge in [0.15, 0.2) is 11.6 Å². The molecular weight excluding hydrogens is 332 g/mol. The maximum atomic E-state index is 13.2. The number of carbonyl (C=O) groups is 1. The molecule has 0 unspecified atom stereocenters. The molecule has 26 heavy (non-hydrogen) atoms. The van der Waals surface area contributed by atoms with E-state index in [4.69, 9.17) is 9.15 Å². The van der Waals surface area contributed by atoms with Crippen molar-refractivity contribution >= 4 is 16.9 Å². The lowest BCUT2D eigenvalue weighted by Gasteiger charge is -2.26. The van der Waals surface area contributed by atoms with Gasteiger partial charge in [0.2, 0.25) is 0 Å². The Bertz CT molecular complexity index is 959. The van der Waals surface area contributed by atoms with Crippen LogP contribution < -0.4 is 0 Å². The molecule has 1 aromatic carbocycles. The van der Waals surface area contributed by atoms with Gasteiger partial charge >= 0.3 is 0 Å². The molecule has 0 saturated heterocycles. The first-order chi connectivity index (χ1) is 12.6. The highest BCUT2D eigenvalue weighted by molar-refractivity contribution is 5.99. The lowest BCUT2D eigenvalue weighted by Crippen LogP contribution is -2.40. The molecule has 2 aromatic heterocycles. The highest BCUT2D eigenvalue weighted by atomic mass is 16.5. The van der Waals surface area contributed by atoms with Gasteiger partial charge in [-0.25, -0.2) is 0 Å². The SMILES string of the molecule is COCc1nnc2n1CCN(C(=O)c1oc3ccccc3c1C)[C@@H](C)C2. The van der Waals surface area contributed by atoms with Crippen LogP contribution >= 0.6 is 0 Å². The third-order valence-corrected chi connectivity index (χ3v) is 5.05. The normalized spacial score (nSPS) is 17.3. The number of hydrogen-bond donors (Lipinski definition) is 0. The van der Waals surface area contributed by atoms with E-state index in [2.05, 4.69) is 14.8 Å². The number of fused-ring (bicyclic) bond motifs is 2. The van der Waals surface area contributed by atoms with Crippen molar-refractivity contribution in [3.05, 3.63) is 47.2 Å².